The maximum Gasteiger partial charge on any atom is 0.149 e. The monoisotopic (exact) mass is 516 g/mol. The van der Waals surface area contributed by atoms with E-state index in [1.54, 1.807) is 35.6 Å². The lowest BCUT2D eigenvalue weighted by Crippen LogP contribution is -2.18. The molecule has 3 aromatic carbocycles. The first-order valence-electron chi connectivity index (χ1n) is 12.2. The highest BCUT2D eigenvalue weighted by Crippen LogP contribution is 2.39. The molecule has 4 aromatic rings. The summed E-state index contributed by atoms with van der Waals surface area (Å²) in [5.41, 5.74) is 5.62. The number of ether oxygens (including phenoxy) is 2. The van der Waals surface area contributed by atoms with Crippen LogP contribution in [0.2, 0.25) is 0 Å². The molecule has 0 aliphatic heterocycles. The van der Waals surface area contributed by atoms with Crippen LogP contribution in [0.4, 0.5) is 5.00 Å². The zero-order chi connectivity index (χ0) is 26.0. The Hall–Kier alpha value is -3.88. The molecule has 0 amide bonds. The summed E-state index contributed by atoms with van der Waals surface area (Å²) >= 11 is 1.70. The van der Waals surface area contributed by atoms with Crippen molar-refractivity contribution in [3.63, 3.8) is 0 Å². The molecular formula is C29H32N4O3S. The number of benzene rings is 3. The van der Waals surface area contributed by atoms with Gasteiger partial charge in [-0.05, 0) is 67.8 Å². The predicted molar refractivity (Wildman–Crippen MR) is 150 cm³/mol. The van der Waals surface area contributed by atoms with Crippen molar-refractivity contribution in [3.05, 3.63) is 84.4 Å². The van der Waals surface area contributed by atoms with Crippen LogP contribution in [0.1, 0.15) is 24.8 Å². The van der Waals surface area contributed by atoms with Gasteiger partial charge in [-0.1, -0.05) is 41.7 Å². The number of hydrogen-bond acceptors (Lipinski definition) is 7. The molecule has 0 unspecified atom stereocenters. The summed E-state index contributed by atoms with van der Waals surface area (Å²) in [6, 6.07) is 25.5. The molecule has 1 aromatic heterocycles. The molecule has 0 bridgehead atoms. The second kappa shape index (κ2) is 12.9. The lowest BCUT2D eigenvalue weighted by atomic mass is 10.1. The number of thiazole rings is 1. The van der Waals surface area contributed by atoms with Gasteiger partial charge in [-0.3, -0.25) is 16.1 Å². The Morgan fingerprint density at radius 1 is 0.838 bits per heavy atom. The van der Waals surface area contributed by atoms with E-state index in [0.29, 0.717) is 18.8 Å². The molecule has 0 aliphatic carbocycles. The van der Waals surface area contributed by atoms with Crippen LogP contribution in [0.15, 0.2) is 78.9 Å². The van der Waals surface area contributed by atoms with Crippen LogP contribution < -0.4 is 19.9 Å². The largest absolute Gasteiger partial charge is 0.494 e. The van der Waals surface area contributed by atoms with Gasteiger partial charge in [0.15, 0.2) is 0 Å². The van der Waals surface area contributed by atoms with Gasteiger partial charge >= 0.3 is 0 Å². The van der Waals surface area contributed by atoms with E-state index in [-0.39, 0.29) is 5.84 Å². The standard InChI is InChI=1S/C29H32N4O3S/c1-33(2)29-26(31-28(37-29)23-9-5-3-6-10-23)21-11-15-24(16-12-21)35-19-7-4-8-20-36-25-17-13-22(14-18-25)27(30)32-34/h3,5-6,9-18,34H,4,7-8,19-20H2,1-2H3,(H2,30,32). The Labute approximate surface area is 221 Å². The smallest absolute Gasteiger partial charge is 0.149 e. The minimum absolute atomic E-state index is 0.0418. The number of anilines is 1. The maximum atomic E-state index is 8.78. The third kappa shape index (κ3) is 7.09. The summed E-state index contributed by atoms with van der Waals surface area (Å²) in [7, 11) is 4.10. The second-order valence-corrected chi connectivity index (χ2v) is 9.70. The van der Waals surface area contributed by atoms with Crippen molar-refractivity contribution in [2.75, 3.05) is 32.2 Å². The first-order valence-corrected chi connectivity index (χ1v) is 13.1. The average molecular weight is 517 g/mol. The van der Waals surface area contributed by atoms with E-state index in [2.05, 4.69) is 29.2 Å². The fourth-order valence-electron chi connectivity index (χ4n) is 3.76. The van der Waals surface area contributed by atoms with Crippen molar-refractivity contribution in [1.29, 1.82) is 5.41 Å². The Bertz CT molecular complexity index is 1270. The lowest BCUT2D eigenvalue weighted by Gasteiger charge is -2.12. The highest BCUT2D eigenvalue weighted by atomic mass is 32.1. The molecule has 0 spiro atoms. The molecule has 3 N–H and O–H groups in total. The number of hydroxylamine groups is 1. The normalized spacial score (nSPS) is 10.7. The van der Waals surface area contributed by atoms with Gasteiger partial charge in [-0.2, -0.15) is 0 Å². The van der Waals surface area contributed by atoms with E-state index in [1.807, 2.05) is 49.9 Å². The highest BCUT2D eigenvalue weighted by Gasteiger charge is 2.16. The zero-order valence-electron chi connectivity index (χ0n) is 21.1. The summed E-state index contributed by atoms with van der Waals surface area (Å²) in [6.07, 6.45) is 2.88. The van der Waals surface area contributed by atoms with Gasteiger partial charge in [0.25, 0.3) is 0 Å². The Balaban J connectivity index is 1.22. The first kappa shape index (κ1) is 26.2. The van der Waals surface area contributed by atoms with Crippen molar-refractivity contribution in [1.82, 2.24) is 10.5 Å². The van der Waals surface area contributed by atoms with E-state index in [4.69, 9.17) is 25.1 Å². The summed E-state index contributed by atoms with van der Waals surface area (Å²) < 4.78 is 11.7. The van der Waals surface area contributed by atoms with Crippen LogP contribution in [0.3, 0.4) is 0 Å². The molecule has 7 nitrogen and oxygen atoms in total. The maximum absolute atomic E-state index is 8.78. The Morgan fingerprint density at radius 2 is 1.43 bits per heavy atom. The molecule has 0 atom stereocenters. The summed E-state index contributed by atoms with van der Waals surface area (Å²) in [6.45, 7) is 1.28. The molecule has 0 fully saturated rings. The minimum atomic E-state index is -0.0418. The molecule has 0 saturated heterocycles. The van der Waals surface area contributed by atoms with E-state index >= 15 is 0 Å². The molecule has 1 heterocycles. The number of nitrogens with zero attached hydrogens (tertiary/aromatic N) is 2. The molecule has 192 valence electrons. The minimum Gasteiger partial charge on any atom is -0.494 e. The number of amidine groups is 1. The fraction of sp³-hybridized carbons (Fsp3) is 0.241. The van der Waals surface area contributed by atoms with Gasteiger partial charge in [0.1, 0.15) is 33.0 Å². The molecule has 8 heteroatoms. The van der Waals surface area contributed by atoms with Crippen molar-refractivity contribution in [2.45, 2.75) is 19.3 Å². The number of unbranched alkanes of at least 4 members (excludes halogenated alkanes) is 2. The molecule has 0 saturated carbocycles. The van der Waals surface area contributed by atoms with Crippen LogP contribution in [-0.2, 0) is 0 Å². The Morgan fingerprint density at radius 3 is 2.00 bits per heavy atom. The third-order valence-electron chi connectivity index (χ3n) is 5.74. The van der Waals surface area contributed by atoms with Crippen LogP contribution >= 0.6 is 11.3 Å². The van der Waals surface area contributed by atoms with Crippen molar-refractivity contribution in [2.24, 2.45) is 0 Å². The molecule has 37 heavy (non-hydrogen) atoms. The van der Waals surface area contributed by atoms with Gasteiger partial charge < -0.3 is 14.4 Å². The first-order chi connectivity index (χ1) is 18.0. The van der Waals surface area contributed by atoms with Crippen LogP contribution in [-0.4, -0.2) is 43.3 Å². The van der Waals surface area contributed by atoms with Crippen molar-refractivity contribution < 1.29 is 14.7 Å². The van der Waals surface area contributed by atoms with Crippen LogP contribution in [0.25, 0.3) is 21.8 Å². The van der Waals surface area contributed by atoms with E-state index in [1.165, 1.54) is 0 Å². The van der Waals surface area contributed by atoms with Gasteiger partial charge in [0.2, 0.25) is 0 Å². The quantitative estimate of drug-likeness (QED) is 0.0865. The fourth-order valence-corrected chi connectivity index (χ4v) is 4.78. The zero-order valence-corrected chi connectivity index (χ0v) is 21.9. The number of aromatic nitrogens is 1. The van der Waals surface area contributed by atoms with E-state index in [9.17, 15) is 0 Å². The van der Waals surface area contributed by atoms with Crippen LogP contribution in [0, 0.1) is 5.41 Å². The third-order valence-corrected chi connectivity index (χ3v) is 7.02. The van der Waals surface area contributed by atoms with Crippen LogP contribution in [0.5, 0.6) is 11.5 Å². The lowest BCUT2D eigenvalue weighted by molar-refractivity contribution is 0.234. The summed E-state index contributed by atoms with van der Waals surface area (Å²) in [5, 5.41) is 18.5. The number of nitrogens with one attached hydrogen (secondary N) is 2. The highest BCUT2D eigenvalue weighted by molar-refractivity contribution is 7.19. The number of rotatable bonds is 12. The average Bonchev–Trinajstić information content (AvgIpc) is 3.39. The van der Waals surface area contributed by atoms with E-state index < -0.39 is 0 Å². The van der Waals surface area contributed by atoms with Crippen molar-refractivity contribution in [3.8, 4) is 33.3 Å². The van der Waals surface area contributed by atoms with Gasteiger partial charge in [-0.25, -0.2) is 4.98 Å². The van der Waals surface area contributed by atoms with Gasteiger partial charge in [0.05, 0.1) is 13.2 Å². The van der Waals surface area contributed by atoms with Gasteiger partial charge in [-0.15, -0.1) is 0 Å². The topological polar surface area (TPSA) is 90.7 Å². The molecule has 0 aliphatic rings. The molecule has 0 radical (unpaired) electrons. The second-order valence-electron chi connectivity index (χ2n) is 8.73. The van der Waals surface area contributed by atoms with Crippen molar-refractivity contribution >= 4 is 22.2 Å². The molecule has 4 rings (SSSR count). The van der Waals surface area contributed by atoms with Gasteiger partial charge in [0, 0.05) is 30.8 Å². The summed E-state index contributed by atoms with van der Waals surface area (Å²) in [4.78, 5) is 7.06. The number of hydrogen-bond donors (Lipinski definition) is 3. The SMILES string of the molecule is CN(C)c1sc(-c2ccccc2)nc1-c1ccc(OCCCCCOc2ccc(C(=N)NO)cc2)cc1. The Kier molecular flexibility index (Phi) is 9.13. The predicted octanol–water partition coefficient (Wildman–Crippen LogP) is 6.48. The summed E-state index contributed by atoms with van der Waals surface area (Å²) in [5.74, 6) is 1.56. The van der Waals surface area contributed by atoms with E-state index in [0.717, 1.165) is 57.6 Å². The molecular weight excluding hydrogens is 484 g/mol.